The summed E-state index contributed by atoms with van der Waals surface area (Å²) in [6, 6.07) is 9.16. The second-order valence-electron chi connectivity index (χ2n) is 7.29. The Labute approximate surface area is 182 Å². The van der Waals surface area contributed by atoms with Crippen molar-refractivity contribution in [1.29, 1.82) is 0 Å². The average molecular weight is 479 g/mol. The summed E-state index contributed by atoms with van der Waals surface area (Å²) >= 11 is 9.80. The normalized spacial score (nSPS) is 14.8. The molecule has 0 saturated heterocycles. The van der Waals surface area contributed by atoms with E-state index in [9.17, 15) is 4.79 Å². The van der Waals surface area contributed by atoms with Gasteiger partial charge in [0.05, 0.1) is 9.50 Å². The van der Waals surface area contributed by atoms with Gasteiger partial charge in [0.1, 0.15) is 11.5 Å². The number of rotatable bonds is 6. The molecule has 4 rings (SSSR count). The van der Waals surface area contributed by atoms with Crippen molar-refractivity contribution in [2.75, 3.05) is 6.61 Å². The van der Waals surface area contributed by atoms with Gasteiger partial charge in [0.2, 0.25) is 0 Å². The van der Waals surface area contributed by atoms with Gasteiger partial charge in [0.25, 0.3) is 0 Å². The molecule has 2 aromatic carbocycles. The van der Waals surface area contributed by atoms with Crippen LogP contribution in [0.5, 0.6) is 17.2 Å². The van der Waals surface area contributed by atoms with Crippen LogP contribution in [0.3, 0.4) is 0 Å². The summed E-state index contributed by atoms with van der Waals surface area (Å²) < 4.78 is 11.9. The molecule has 3 aromatic rings. The Hall–Kier alpha value is -2.18. The fraction of sp³-hybridized carbons (Fsp3) is 0.318. The predicted molar refractivity (Wildman–Crippen MR) is 116 cm³/mol. The largest absolute Gasteiger partial charge is 0.482 e. The maximum Gasteiger partial charge on any atom is 0.341 e. The minimum atomic E-state index is -1.05. The van der Waals surface area contributed by atoms with Gasteiger partial charge in [-0.3, -0.25) is 0 Å². The van der Waals surface area contributed by atoms with Gasteiger partial charge in [0, 0.05) is 23.2 Å². The number of fused-ring (bicyclic) bond motifs is 1. The van der Waals surface area contributed by atoms with E-state index in [1.807, 2.05) is 18.2 Å². The van der Waals surface area contributed by atoms with E-state index in [1.54, 1.807) is 12.1 Å². The molecule has 0 spiro atoms. The number of aliphatic carboxylic acids is 1. The van der Waals surface area contributed by atoms with E-state index in [-0.39, 0.29) is 0 Å². The number of ether oxygens (including phenoxy) is 2. The molecule has 1 aliphatic carbocycles. The number of nitrogens with one attached hydrogen (secondary N) is 1. The average Bonchev–Trinajstić information content (AvgIpc) is 3.13. The molecule has 0 aliphatic heterocycles. The predicted octanol–water partition coefficient (Wildman–Crippen LogP) is 6.89. The number of hydrogen-bond donors (Lipinski definition) is 2. The van der Waals surface area contributed by atoms with Crippen molar-refractivity contribution >= 4 is 44.4 Å². The lowest BCUT2D eigenvalue weighted by molar-refractivity contribution is -0.139. The third kappa shape index (κ3) is 4.54. The fourth-order valence-electron chi connectivity index (χ4n) is 3.92. The first kappa shape index (κ1) is 20.1. The van der Waals surface area contributed by atoms with Crippen LogP contribution in [-0.2, 0) is 4.79 Å². The van der Waals surface area contributed by atoms with E-state index in [2.05, 4.69) is 27.1 Å². The summed E-state index contributed by atoms with van der Waals surface area (Å²) in [6.07, 6.45) is 8.48. The van der Waals surface area contributed by atoms with Crippen molar-refractivity contribution < 1.29 is 19.4 Å². The Bertz CT molecular complexity index is 1020. The molecular formula is C22H21BrClNO4. The lowest BCUT2D eigenvalue weighted by atomic mass is 9.84. The molecule has 0 atom stereocenters. The zero-order valence-electron chi connectivity index (χ0n) is 15.7. The van der Waals surface area contributed by atoms with Crippen LogP contribution in [-0.4, -0.2) is 22.7 Å². The lowest BCUT2D eigenvalue weighted by Gasteiger charge is -2.21. The highest BCUT2D eigenvalue weighted by Gasteiger charge is 2.19. The molecular weight excluding hydrogens is 458 g/mol. The molecule has 29 heavy (non-hydrogen) atoms. The highest BCUT2D eigenvalue weighted by molar-refractivity contribution is 9.10. The molecule has 152 valence electrons. The lowest BCUT2D eigenvalue weighted by Crippen LogP contribution is -2.09. The molecule has 1 aromatic heterocycles. The maximum atomic E-state index is 10.7. The number of aromatic amines is 1. The van der Waals surface area contributed by atoms with E-state index in [0.29, 0.717) is 32.7 Å². The van der Waals surface area contributed by atoms with E-state index in [4.69, 9.17) is 26.2 Å². The van der Waals surface area contributed by atoms with Gasteiger partial charge >= 0.3 is 5.97 Å². The summed E-state index contributed by atoms with van der Waals surface area (Å²) in [7, 11) is 0. The highest BCUT2D eigenvalue weighted by Crippen LogP contribution is 2.42. The van der Waals surface area contributed by atoms with Gasteiger partial charge in [0.15, 0.2) is 12.4 Å². The van der Waals surface area contributed by atoms with Crippen molar-refractivity contribution in [3.63, 3.8) is 0 Å². The minimum absolute atomic E-state index is 0.335. The van der Waals surface area contributed by atoms with E-state index in [1.165, 1.54) is 43.1 Å². The van der Waals surface area contributed by atoms with Crippen LogP contribution < -0.4 is 9.47 Å². The van der Waals surface area contributed by atoms with E-state index < -0.39 is 12.6 Å². The van der Waals surface area contributed by atoms with E-state index >= 15 is 0 Å². The molecule has 1 saturated carbocycles. The van der Waals surface area contributed by atoms with Gasteiger partial charge in [-0.2, -0.15) is 0 Å². The Balaban J connectivity index is 1.60. The molecule has 5 nitrogen and oxygen atoms in total. The van der Waals surface area contributed by atoms with Crippen LogP contribution in [0, 0.1) is 0 Å². The smallest absolute Gasteiger partial charge is 0.341 e. The van der Waals surface area contributed by atoms with Crippen LogP contribution in [0.4, 0.5) is 0 Å². The van der Waals surface area contributed by atoms with Gasteiger partial charge in [-0.1, -0.05) is 30.9 Å². The van der Waals surface area contributed by atoms with Crippen LogP contribution in [0.25, 0.3) is 10.9 Å². The molecule has 1 aliphatic rings. The third-order valence-electron chi connectivity index (χ3n) is 5.28. The van der Waals surface area contributed by atoms with Crippen LogP contribution in [0.1, 0.15) is 43.6 Å². The zero-order valence-corrected chi connectivity index (χ0v) is 18.1. The topological polar surface area (TPSA) is 71.6 Å². The molecule has 0 bridgehead atoms. The quantitative estimate of drug-likeness (QED) is 0.405. The summed E-state index contributed by atoms with van der Waals surface area (Å²) in [4.78, 5) is 14.1. The number of carboxylic acids is 1. The number of benzene rings is 2. The Morgan fingerprint density at radius 1 is 1.17 bits per heavy atom. The molecule has 0 amide bonds. The Kier molecular flexibility index (Phi) is 6.01. The molecule has 1 fully saturated rings. The maximum absolute atomic E-state index is 10.7. The number of aromatic nitrogens is 1. The van der Waals surface area contributed by atoms with Crippen LogP contribution in [0.2, 0.25) is 5.02 Å². The number of H-pyrrole nitrogens is 1. The third-order valence-corrected chi connectivity index (χ3v) is 6.15. The van der Waals surface area contributed by atoms with Crippen LogP contribution in [0.15, 0.2) is 41.0 Å². The van der Waals surface area contributed by atoms with Gasteiger partial charge < -0.3 is 19.6 Å². The van der Waals surface area contributed by atoms with Gasteiger partial charge in [-0.05, 0) is 64.5 Å². The van der Waals surface area contributed by atoms with E-state index in [0.717, 1.165) is 5.52 Å². The number of halogens is 2. The first-order valence-corrected chi connectivity index (χ1v) is 10.8. The first-order valence-electron chi connectivity index (χ1n) is 9.64. The summed E-state index contributed by atoms with van der Waals surface area (Å²) in [5, 5.41) is 10.3. The first-order chi connectivity index (χ1) is 14.0. The summed E-state index contributed by atoms with van der Waals surface area (Å²) in [6.45, 7) is -0.433. The molecule has 1 heterocycles. The standard InChI is InChI=1S/C22H21BrClNO4/c23-18-9-15(28-12-21(26)27)10-19(24)22(18)29-14-6-7-20-16(8-14)17(11-25-20)13-4-2-1-3-5-13/h6-11,13,25H,1-5,12H2,(H,26,27). The van der Waals surface area contributed by atoms with Crippen molar-refractivity contribution in [3.05, 3.63) is 51.6 Å². The molecule has 0 radical (unpaired) electrons. The van der Waals surface area contributed by atoms with Crippen molar-refractivity contribution in [2.45, 2.75) is 38.0 Å². The fourth-order valence-corrected chi connectivity index (χ4v) is 4.80. The zero-order chi connectivity index (χ0) is 20.4. The summed E-state index contributed by atoms with van der Waals surface area (Å²) in [5.74, 6) is 1.05. The molecule has 7 heteroatoms. The Morgan fingerprint density at radius 3 is 2.69 bits per heavy atom. The Morgan fingerprint density at radius 2 is 1.97 bits per heavy atom. The molecule has 2 N–H and O–H groups in total. The number of carbonyl (C=O) groups is 1. The molecule has 0 unspecified atom stereocenters. The van der Waals surface area contributed by atoms with Crippen molar-refractivity contribution in [3.8, 4) is 17.2 Å². The highest BCUT2D eigenvalue weighted by atomic mass is 79.9. The number of carboxylic acid groups (broad SMARTS) is 1. The second-order valence-corrected chi connectivity index (χ2v) is 8.55. The SMILES string of the molecule is O=C(O)COc1cc(Cl)c(Oc2ccc3[nH]cc(C4CCCCC4)c3c2)c(Br)c1. The van der Waals surface area contributed by atoms with Crippen molar-refractivity contribution in [2.24, 2.45) is 0 Å². The number of hydrogen-bond acceptors (Lipinski definition) is 3. The second kappa shape index (κ2) is 8.67. The van der Waals surface area contributed by atoms with Gasteiger partial charge in [-0.15, -0.1) is 0 Å². The van der Waals surface area contributed by atoms with Crippen LogP contribution >= 0.6 is 27.5 Å². The van der Waals surface area contributed by atoms with Crippen molar-refractivity contribution in [1.82, 2.24) is 4.98 Å². The monoisotopic (exact) mass is 477 g/mol. The summed E-state index contributed by atoms with van der Waals surface area (Å²) in [5.41, 5.74) is 2.45. The van der Waals surface area contributed by atoms with Gasteiger partial charge in [-0.25, -0.2) is 4.79 Å². The minimum Gasteiger partial charge on any atom is -0.482 e.